The van der Waals surface area contributed by atoms with Crippen LogP contribution in [0.5, 0.6) is 0 Å². The van der Waals surface area contributed by atoms with E-state index in [1.807, 2.05) is 13.8 Å². The minimum atomic E-state index is -0.622. The Hall–Kier alpha value is -2.13. The Balaban J connectivity index is 1.76. The van der Waals surface area contributed by atoms with Crippen molar-refractivity contribution in [2.24, 2.45) is 0 Å². The summed E-state index contributed by atoms with van der Waals surface area (Å²) in [5, 5.41) is 18.3. The molecule has 1 N–H and O–H groups in total. The zero-order valence-corrected chi connectivity index (χ0v) is 14.7. The van der Waals surface area contributed by atoms with Crippen LogP contribution in [0, 0.1) is 12.7 Å². The second-order valence-electron chi connectivity index (χ2n) is 6.13. The van der Waals surface area contributed by atoms with Crippen LogP contribution in [-0.4, -0.2) is 62.0 Å². The number of hydrogen-bond donors (Lipinski definition) is 1. The van der Waals surface area contributed by atoms with Gasteiger partial charge in [0.1, 0.15) is 6.33 Å². The second kappa shape index (κ2) is 7.40. The molecule has 0 spiro atoms. The van der Waals surface area contributed by atoms with Crippen molar-refractivity contribution in [3.8, 4) is 0 Å². The summed E-state index contributed by atoms with van der Waals surface area (Å²) >= 11 is 0. The summed E-state index contributed by atoms with van der Waals surface area (Å²) < 4.78 is 19.9. The Morgan fingerprint density at radius 1 is 1.32 bits per heavy atom. The molecule has 9 heteroatoms. The van der Waals surface area contributed by atoms with Gasteiger partial charge in [0, 0.05) is 20.0 Å². The molecule has 0 bridgehead atoms. The van der Waals surface area contributed by atoms with Crippen molar-refractivity contribution in [2.45, 2.75) is 45.9 Å². The molecule has 0 unspecified atom stereocenters. The van der Waals surface area contributed by atoms with Crippen molar-refractivity contribution in [1.82, 2.24) is 25.1 Å². The highest BCUT2D eigenvalue weighted by Crippen LogP contribution is 2.26. The van der Waals surface area contributed by atoms with Gasteiger partial charge in [-0.05, 0) is 13.0 Å². The van der Waals surface area contributed by atoms with Crippen LogP contribution >= 0.6 is 0 Å². The van der Waals surface area contributed by atoms with Crippen molar-refractivity contribution in [2.75, 3.05) is 24.5 Å². The number of halogens is 1. The molecule has 136 valence electrons. The summed E-state index contributed by atoms with van der Waals surface area (Å²) in [4.78, 5) is 11.9. The van der Waals surface area contributed by atoms with Crippen LogP contribution < -0.4 is 4.90 Å². The van der Waals surface area contributed by atoms with E-state index >= 15 is 0 Å². The smallest absolute Gasteiger partial charge is 0.230 e. The first-order valence-electron chi connectivity index (χ1n) is 8.48. The second-order valence-corrected chi connectivity index (χ2v) is 6.13. The molecule has 1 fully saturated rings. The van der Waals surface area contributed by atoms with Crippen LogP contribution in [0.15, 0.2) is 10.7 Å². The van der Waals surface area contributed by atoms with Crippen LogP contribution in [-0.2, 0) is 13.0 Å². The summed E-state index contributed by atoms with van der Waals surface area (Å²) in [5.41, 5.74) is 0.386. The van der Waals surface area contributed by atoms with E-state index in [-0.39, 0.29) is 11.9 Å². The minimum absolute atomic E-state index is 0.170. The molecule has 0 saturated carbocycles. The number of aliphatic hydroxyl groups is 1. The molecule has 25 heavy (non-hydrogen) atoms. The molecule has 0 amide bonds. The Bertz CT molecular complexity index is 724. The average Bonchev–Trinajstić information content (AvgIpc) is 3.18. The molecule has 1 saturated heterocycles. The van der Waals surface area contributed by atoms with Gasteiger partial charge in [-0.2, -0.15) is 0 Å². The van der Waals surface area contributed by atoms with Gasteiger partial charge < -0.3 is 14.4 Å². The number of aryl methyl sites for hydroxylation is 2. The summed E-state index contributed by atoms with van der Waals surface area (Å²) in [6, 6.07) is -0.170. The standard InChI is InChI=1S/C16H23FN6O2/c1-4-11-15(17)16(19-9-18-11)23-6-12(13(24)7-23)22(5-2)8-14-21-20-10(3)25-14/h9,12-13,24H,4-8H2,1-3H3/t12-,13-/m1/s1. The molecular formula is C16H23FN6O2. The highest BCUT2D eigenvalue weighted by molar-refractivity contribution is 5.43. The monoisotopic (exact) mass is 350 g/mol. The number of aromatic nitrogens is 4. The van der Waals surface area contributed by atoms with Crippen LogP contribution in [0.3, 0.4) is 0 Å². The lowest BCUT2D eigenvalue weighted by molar-refractivity contribution is 0.0761. The van der Waals surface area contributed by atoms with Gasteiger partial charge >= 0.3 is 0 Å². The fourth-order valence-corrected chi connectivity index (χ4v) is 3.20. The first-order chi connectivity index (χ1) is 12.0. The highest BCUT2D eigenvalue weighted by Gasteiger charge is 2.37. The van der Waals surface area contributed by atoms with Crippen molar-refractivity contribution in [1.29, 1.82) is 0 Å². The third-order valence-corrected chi connectivity index (χ3v) is 4.52. The number of β-amino-alcohol motifs (C(OH)–C–C–N with tert-alkyl or cyclic N) is 1. The van der Waals surface area contributed by atoms with E-state index in [4.69, 9.17) is 4.42 Å². The van der Waals surface area contributed by atoms with Gasteiger partial charge in [0.2, 0.25) is 11.8 Å². The number of rotatable bonds is 6. The first kappa shape index (κ1) is 17.7. The Labute approximate surface area is 145 Å². The van der Waals surface area contributed by atoms with Crippen molar-refractivity contribution in [3.05, 3.63) is 29.6 Å². The fourth-order valence-electron chi connectivity index (χ4n) is 3.20. The average molecular weight is 350 g/mol. The summed E-state index contributed by atoms with van der Waals surface area (Å²) in [6.45, 7) is 7.52. The summed E-state index contributed by atoms with van der Waals surface area (Å²) in [5.74, 6) is 0.854. The molecule has 1 aliphatic heterocycles. The minimum Gasteiger partial charge on any atom is -0.424 e. The number of nitrogens with zero attached hydrogens (tertiary/aromatic N) is 6. The number of likely N-dealkylation sites (N-methyl/N-ethyl adjacent to an activating group) is 1. The van der Waals surface area contributed by atoms with E-state index in [0.717, 1.165) is 0 Å². The van der Waals surface area contributed by atoms with Crippen LogP contribution in [0.25, 0.3) is 0 Å². The Kier molecular flexibility index (Phi) is 5.24. The molecule has 2 atom stereocenters. The van der Waals surface area contributed by atoms with E-state index in [0.29, 0.717) is 50.1 Å². The highest BCUT2D eigenvalue weighted by atomic mass is 19.1. The van der Waals surface area contributed by atoms with Gasteiger partial charge in [0.05, 0.1) is 24.4 Å². The Morgan fingerprint density at radius 3 is 2.76 bits per heavy atom. The predicted octanol–water partition coefficient (Wildman–Crippen LogP) is 0.941. The van der Waals surface area contributed by atoms with Gasteiger partial charge in [0.15, 0.2) is 11.6 Å². The third-order valence-electron chi connectivity index (χ3n) is 4.52. The fraction of sp³-hybridized carbons (Fsp3) is 0.625. The maximum Gasteiger partial charge on any atom is 0.230 e. The van der Waals surface area contributed by atoms with Gasteiger partial charge in [-0.1, -0.05) is 13.8 Å². The normalized spacial score (nSPS) is 20.6. The lowest BCUT2D eigenvalue weighted by atomic mass is 10.2. The zero-order valence-electron chi connectivity index (χ0n) is 14.7. The van der Waals surface area contributed by atoms with Crippen molar-refractivity contribution >= 4 is 5.82 Å². The summed E-state index contributed by atoms with van der Waals surface area (Å²) in [7, 11) is 0. The third kappa shape index (κ3) is 3.62. The van der Waals surface area contributed by atoms with E-state index < -0.39 is 11.9 Å². The zero-order chi connectivity index (χ0) is 18.0. The Morgan fingerprint density at radius 2 is 2.12 bits per heavy atom. The van der Waals surface area contributed by atoms with Crippen molar-refractivity contribution < 1.29 is 13.9 Å². The van der Waals surface area contributed by atoms with Crippen molar-refractivity contribution in [3.63, 3.8) is 0 Å². The predicted molar refractivity (Wildman–Crippen MR) is 88.5 cm³/mol. The SMILES string of the molecule is CCc1ncnc(N2C[C@@H](O)[C@H](N(CC)Cc3nnc(C)o3)C2)c1F. The largest absolute Gasteiger partial charge is 0.424 e. The van der Waals surface area contributed by atoms with E-state index in [9.17, 15) is 9.50 Å². The van der Waals surface area contributed by atoms with E-state index in [1.54, 1.807) is 11.8 Å². The molecule has 1 aliphatic rings. The quantitative estimate of drug-likeness (QED) is 0.823. The van der Waals surface area contributed by atoms with Gasteiger partial charge in [-0.25, -0.2) is 14.4 Å². The molecule has 3 rings (SSSR count). The van der Waals surface area contributed by atoms with E-state index in [2.05, 4.69) is 25.1 Å². The molecule has 0 aliphatic carbocycles. The van der Waals surface area contributed by atoms with Crippen LogP contribution in [0.1, 0.15) is 31.3 Å². The molecule has 2 aromatic heterocycles. The van der Waals surface area contributed by atoms with Gasteiger partial charge in [-0.3, -0.25) is 4.90 Å². The topological polar surface area (TPSA) is 91.4 Å². The molecule has 8 nitrogen and oxygen atoms in total. The van der Waals surface area contributed by atoms with Crippen LogP contribution in [0.4, 0.5) is 10.2 Å². The summed E-state index contributed by atoms with van der Waals surface area (Å²) in [6.07, 6.45) is 1.25. The maximum atomic E-state index is 14.5. The molecule has 0 radical (unpaired) electrons. The first-order valence-corrected chi connectivity index (χ1v) is 8.48. The maximum absolute atomic E-state index is 14.5. The molecule has 2 aromatic rings. The van der Waals surface area contributed by atoms with Gasteiger partial charge in [0.25, 0.3) is 0 Å². The molecule has 0 aromatic carbocycles. The van der Waals surface area contributed by atoms with Gasteiger partial charge in [-0.15, -0.1) is 10.2 Å². The lowest BCUT2D eigenvalue weighted by Gasteiger charge is -2.28. The number of aliphatic hydroxyl groups excluding tert-OH is 1. The number of hydrogen-bond acceptors (Lipinski definition) is 8. The molecule has 3 heterocycles. The van der Waals surface area contributed by atoms with E-state index in [1.165, 1.54) is 6.33 Å². The number of anilines is 1. The molecular weight excluding hydrogens is 327 g/mol. The lowest BCUT2D eigenvalue weighted by Crippen LogP contribution is -2.42. The van der Waals surface area contributed by atoms with Crippen LogP contribution in [0.2, 0.25) is 0 Å².